The highest BCUT2D eigenvalue weighted by molar-refractivity contribution is 6.10. The minimum atomic E-state index is -0.472. The standard InChI is InChI=1S/C16H17FN4/c1-10-3-5-12(7-18-10)16-19-8-13(9-20-16)14-6-4-11(2)21-15(14)17/h3-10,16,18-19H,1-2H3. The number of halogens is 1. The Balaban J connectivity index is 1.76. The second-order valence-corrected chi connectivity index (χ2v) is 5.20. The fourth-order valence-corrected chi connectivity index (χ4v) is 2.23. The van der Waals surface area contributed by atoms with Crippen LogP contribution in [-0.4, -0.2) is 23.4 Å². The third-order valence-electron chi connectivity index (χ3n) is 3.46. The molecule has 0 saturated carbocycles. The Morgan fingerprint density at radius 2 is 2.05 bits per heavy atom. The number of hydrogen-bond acceptors (Lipinski definition) is 4. The quantitative estimate of drug-likeness (QED) is 0.819. The number of hydrogen-bond donors (Lipinski definition) is 2. The molecule has 0 radical (unpaired) electrons. The molecule has 3 heterocycles. The normalized spacial score (nSPS) is 24.0. The predicted octanol–water partition coefficient (Wildman–Crippen LogP) is 2.30. The fourth-order valence-electron chi connectivity index (χ4n) is 2.23. The Bertz CT molecular complexity index is 673. The third kappa shape index (κ3) is 2.86. The molecule has 0 saturated heterocycles. The van der Waals surface area contributed by atoms with Crippen LogP contribution < -0.4 is 10.6 Å². The van der Waals surface area contributed by atoms with E-state index in [2.05, 4.69) is 33.6 Å². The molecule has 1 aromatic heterocycles. The van der Waals surface area contributed by atoms with Crippen molar-refractivity contribution in [2.75, 3.05) is 0 Å². The minimum absolute atomic E-state index is 0.147. The summed E-state index contributed by atoms with van der Waals surface area (Å²) in [5.74, 6) is -0.472. The summed E-state index contributed by atoms with van der Waals surface area (Å²) in [7, 11) is 0. The van der Waals surface area contributed by atoms with Crippen molar-refractivity contribution in [1.29, 1.82) is 0 Å². The molecule has 2 atom stereocenters. The summed E-state index contributed by atoms with van der Waals surface area (Å²) in [6.07, 6.45) is 9.39. The van der Waals surface area contributed by atoms with Gasteiger partial charge in [0.05, 0.1) is 0 Å². The van der Waals surface area contributed by atoms with Crippen LogP contribution in [0.2, 0.25) is 0 Å². The summed E-state index contributed by atoms with van der Waals surface area (Å²) in [5, 5.41) is 6.41. The minimum Gasteiger partial charge on any atom is -0.385 e. The predicted molar refractivity (Wildman–Crippen MR) is 82.1 cm³/mol. The van der Waals surface area contributed by atoms with Crippen molar-refractivity contribution in [3.63, 3.8) is 0 Å². The summed E-state index contributed by atoms with van der Waals surface area (Å²) in [6, 6.07) is 3.84. The van der Waals surface area contributed by atoms with E-state index in [1.54, 1.807) is 31.5 Å². The Morgan fingerprint density at radius 3 is 2.67 bits per heavy atom. The zero-order chi connectivity index (χ0) is 14.8. The molecule has 2 aliphatic rings. The van der Waals surface area contributed by atoms with E-state index in [0.717, 1.165) is 5.57 Å². The molecule has 4 nitrogen and oxygen atoms in total. The highest BCUT2D eigenvalue weighted by atomic mass is 19.1. The lowest BCUT2D eigenvalue weighted by Crippen LogP contribution is -2.31. The maximum absolute atomic E-state index is 13.9. The van der Waals surface area contributed by atoms with Crippen molar-refractivity contribution in [1.82, 2.24) is 15.6 Å². The maximum atomic E-state index is 13.9. The van der Waals surface area contributed by atoms with Gasteiger partial charge in [0.25, 0.3) is 0 Å². The van der Waals surface area contributed by atoms with Gasteiger partial charge in [0.15, 0.2) is 0 Å². The van der Waals surface area contributed by atoms with Gasteiger partial charge in [0.1, 0.15) is 6.17 Å². The van der Waals surface area contributed by atoms with Gasteiger partial charge in [0.2, 0.25) is 5.95 Å². The molecule has 0 amide bonds. The second kappa shape index (κ2) is 5.52. The number of pyridine rings is 1. The van der Waals surface area contributed by atoms with E-state index < -0.39 is 5.95 Å². The molecule has 5 heteroatoms. The second-order valence-electron chi connectivity index (χ2n) is 5.20. The molecule has 2 aliphatic heterocycles. The van der Waals surface area contributed by atoms with Crippen LogP contribution in [0.3, 0.4) is 0 Å². The number of nitrogens with one attached hydrogen (secondary N) is 2. The number of rotatable bonds is 2. The van der Waals surface area contributed by atoms with E-state index in [0.29, 0.717) is 22.9 Å². The van der Waals surface area contributed by atoms with Crippen LogP contribution in [0.4, 0.5) is 4.39 Å². The summed E-state index contributed by atoms with van der Waals surface area (Å²) in [5.41, 5.74) is 2.85. The van der Waals surface area contributed by atoms with Crippen molar-refractivity contribution in [2.24, 2.45) is 4.99 Å². The molecule has 0 spiro atoms. The molecule has 2 unspecified atom stereocenters. The van der Waals surface area contributed by atoms with Crippen molar-refractivity contribution in [3.8, 4) is 0 Å². The van der Waals surface area contributed by atoms with Crippen LogP contribution in [0, 0.1) is 12.9 Å². The summed E-state index contributed by atoms with van der Waals surface area (Å²) >= 11 is 0. The van der Waals surface area contributed by atoms with Gasteiger partial charge in [-0.05, 0) is 26.0 Å². The molecule has 108 valence electrons. The van der Waals surface area contributed by atoms with Crippen molar-refractivity contribution in [2.45, 2.75) is 26.1 Å². The zero-order valence-electron chi connectivity index (χ0n) is 12.0. The number of dihydropyridines is 1. The van der Waals surface area contributed by atoms with Gasteiger partial charge >= 0.3 is 0 Å². The molecule has 0 bridgehead atoms. The lowest BCUT2D eigenvalue weighted by atomic mass is 10.1. The van der Waals surface area contributed by atoms with Crippen molar-refractivity contribution >= 4 is 11.8 Å². The first-order valence-corrected chi connectivity index (χ1v) is 6.91. The maximum Gasteiger partial charge on any atom is 0.221 e. The Kier molecular flexibility index (Phi) is 3.56. The third-order valence-corrected chi connectivity index (χ3v) is 3.46. The van der Waals surface area contributed by atoms with E-state index in [1.807, 2.05) is 12.3 Å². The first-order chi connectivity index (χ1) is 10.1. The van der Waals surface area contributed by atoms with Gasteiger partial charge in [-0.2, -0.15) is 4.39 Å². The topological polar surface area (TPSA) is 49.3 Å². The SMILES string of the molecule is Cc1ccc(C2=CNC(C3=CNC(C)C=C3)N=C2)c(F)n1. The van der Waals surface area contributed by atoms with Gasteiger partial charge in [-0.1, -0.05) is 12.2 Å². The van der Waals surface area contributed by atoms with Gasteiger partial charge in [0, 0.05) is 47.1 Å². The smallest absolute Gasteiger partial charge is 0.221 e. The number of aliphatic imine (C=N–C) groups is 1. The summed E-state index contributed by atoms with van der Waals surface area (Å²) in [6.45, 7) is 3.84. The zero-order valence-corrected chi connectivity index (χ0v) is 12.0. The lowest BCUT2D eigenvalue weighted by Gasteiger charge is -2.22. The monoisotopic (exact) mass is 284 g/mol. The molecule has 21 heavy (non-hydrogen) atoms. The molecular formula is C16H17FN4. The van der Waals surface area contributed by atoms with Crippen molar-refractivity contribution in [3.05, 3.63) is 59.5 Å². The number of allylic oxidation sites excluding steroid dienone is 1. The molecule has 0 fully saturated rings. The molecule has 0 aliphatic carbocycles. The highest BCUT2D eigenvalue weighted by Crippen LogP contribution is 2.20. The van der Waals surface area contributed by atoms with Gasteiger partial charge in [-0.25, -0.2) is 4.98 Å². The Morgan fingerprint density at radius 1 is 1.19 bits per heavy atom. The number of aromatic nitrogens is 1. The average Bonchev–Trinajstić information content (AvgIpc) is 2.48. The first kappa shape index (κ1) is 13.5. The van der Waals surface area contributed by atoms with Gasteiger partial charge in [-0.3, -0.25) is 4.99 Å². The fraction of sp³-hybridized carbons (Fsp3) is 0.250. The molecule has 1 aromatic rings. The average molecular weight is 284 g/mol. The van der Waals surface area contributed by atoms with E-state index in [4.69, 9.17) is 0 Å². The Labute approximate surface area is 123 Å². The van der Waals surface area contributed by atoms with Crippen LogP contribution >= 0.6 is 0 Å². The molecule has 2 N–H and O–H groups in total. The molecular weight excluding hydrogens is 267 g/mol. The van der Waals surface area contributed by atoms with Crippen LogP contribution in [0.1, 0.15) is 18.2 Å². The van der Waals surface area contributed by atoms with E-state index >= 15 is 0 Å². The Hall–Kier alpha value is -2.43. The number of nitrogens with zero attached hydrogens (tertiary/aromatic N) is 2. The van der Waals surface area contributed by atoms with E-state index in [-0.39, 0.29) is 6.17 Å². The van der Waals surface area contributed by atoms with Crippen LogP contribution in [0.5, 0.6) is 0 Å². The summed E-state index contributed by atoms with van der Waals surface area (Å²) < 4.78 is 13.9. The lowest BCUT2D eigenvalue weighted by molar-refractivity contribution is 0.576. The van der Waals surface area contributed by atoms with E-state index in [1.165, 1.54) is 0 Å². The van der Waals surface area contributed by atoms with Crippen LogP contribution in [0.15, 0.2) is 47.3 Å². The summed E-state index contributed by atoms with van der Waals surface area (Å²) in [4.78, 5) is 8.28. The highest BCUT2D eigenvalue weighted by Gasteiger charge is 2.17. The molecule has 0 aromatic carbocycles. The van der Waals surface area contributed by atoms with Gasteiger partial charge in [-0.15, -0.1) is 0 Å². The van der Waals surface area contributed by atoms with Crippen molar-refractivity contribution < 1.29 is 4.39 Å². The van der Waals surface area contributed by atoms with E-state index in [9.17, 15) is 4.39 Å². The van der Waals surface area contributed by atoms with Crippen LogP contribution in [-0.2, 0) is 0 Å². The number of aryl methyl sites for hydroxylation is 1. The van der Waals surface area contributed by atoms with Gasteiger partial charge < -0.3 is 10.6 Å². The van der Waals surface area contributed by atoms with Crippen LogP contribution in [0.25, 0.3) is 5.57 Å². The largest absolute Gasteiger partial charge is 0.385 e. The first-order valence-electron chi connectivity index (χ1n) is 6.91. The molecule has 3 rings (SSSR count).